The van der Waals surface area contributed by atoms with Gasteiger partial charge in [0.1, 0.15) is 0 Å². The van der Waals surface area contributed by atoms with E-state index in [0.29, 0.717) is 23.3 Å². The number of hydrogen-bond acceptors (Lipinski definition) is 3. The Morgan fingerprint density at radius 1 is 1.19 bits per heavy atom. The Labute approximate surface area is 103 Å². The van der Waals surface area contributed by atoms with E-state index in [4.69, 9.17) is 23.2 Å². The Bertz CT molecular complexity index is 452. The van der Waals surface area contributed by atoms with Crippen molar-refractivity contribution in [2.75, 3.05) is 5.88 Å². The average molecular weight is 257 g/mol. The molecule has 0 saturated carbocycles. The third-order valence-corrected chi connectivity index (χ3v) is 2.57. The number of halogens is 2. The summed E-state index contributed by atoms with van der Waals surface area (Å²) in [6, 6.07) is 7.34. The third-order valence-electron chi connectivity index (χ3n) is 2.05. The normalized spacial score (nSPS) is 10.6. The second kappa shape index (κ2) is 5.27. The smallest absolute Gasteiger partial charge is 0.164 e. The fraction of sp³-hybridized carbons (Fsp3) is 0.300. The van der Waals surface area contributed by atoms with Crippen molar-refractivity contribution in [1.82, 2.24) is 20.2 Å². The highest BCUT2D eigenvalue weighted by atomic mass is 35.5. The molecule has 2 rings (SSSR count). The van der Waals surface area contributed by atoms with Crippen molar-refractivity contribution in [1.29, 1.82) is 0 Å². The van der Waals surface area contributed by atoms with E-state index in [1.54, 1.807) is 16.9 Å². The van der Waals surface area contributed by atoms with Gasteiger partial charge < -0.3 is 0 Å². The van der Waals surface area contributed by atoms with Crippen molar-refractivity contribution in [2.24, 2.45) is 0 Å². The van der Waals surface area contributed by atoms with Gasteiger partial charge in [0, 0.05) is 16.5 Å². The Hall–Kier alpha value is -1.13. The SMILES string of the molecule is ClCCCn1nnc(-c2ccc(Cl)cc2)n1. The molecule has 0 spiro atoms. The van der Waals surface area contributed by atoms with Gasteiger partial charge in [-0.05, 0) is 35.9 Å². The lowest BCUT2D eigenvalue weighted by Crippen LogP contribution is -2.02. The molecule has 0 amide bonds. The number of hydrogen-bond donors (Lipinski definition) is 0. The first-order valence-electron chi connectivity index (χ1n) is 4.89. The first-order chi connectivity index (χ1) is 7.79. The number of tetrazole rings is 1. The van der Waals surface area contributed by atoms with Crippen LogP contribution in [0.25, 0.3) is 11.4 Å². The minimum absolute atomic E-state index is 0.595. The number of aromatic nitrogens is 4. The van der Waals surface area contributed by atoms with Crippen LogP contribution in [0.2, 0.25) is 5.02 Å². The van der Waals surface area contributed by atoms with Crippen LogP contribution in [-0.2, 0) is 6.54 Å². The molecule has 0 radical (unpaired) electrons. The lowest BCUT2D eigenvalue weighted by atomic mass is 10.2. The highest BCUT2D eigenvalue weighted by Crippen LogP contribution is 2.16. The van der Waals surface area contributed by atoms with Gasteiger partial charge in [0.25, 0.3) is 0 Å². The summed E-state index contributed by atoms with van der Waals surface area (Å²) in [5.41, 5.74) is 0.904. The average Bonchev–Trinajstić information content (AvgIpc) is 2.76. The van der Waals surface area contributed by atoms with Crippen LogP contribution in [0.1, 0.15) is 6.42 Å². The fourth-order valence-corrected chi connectivity index (χ4v) is 1.50. The van der Waals surface area contributed by atoms with Crippen molar-refractivity contribution in [3.63, 3.8) is 0 Å². The molecule has 1 aromatic heterocycles. The highest BCUT2D eigenvalue weighted by molar-refractivity contribution is 6.30. The Morgan fingerprint density at radius 3 is 2.62 bits per heavy atom. The molecule has 84 valence electrons. The van der Waals surface area contributed by atoms with Crippen molar-refractivity contribution >= 4 is 23.2 Å². The monoisotopic (exact) mass is 256 g/mol. The molecule has 0 unspecified atom stereocenters. The molecule has 0 aliphatic rings. The van der Waals surface area contributed by atoms with Crippen LogP contribution in [0, 0.1) is 0 Å². The molecular formula is C10H10Cl2N4. The van der Waals surface area contributed by atoms with E-state index in [0.717, 1.165) is 12.0 Å². The Morgan fingerprint density at radius 2 is 1.94 bits per heavy atom. The number of nitrogens with zero attached hydrogens (tertiary/aromatic N) is 4. The zero-order valence-electron chi connectivity index (χ0n) is 8.48. The summed E-state index contributed by atoms with van der Waals surface area (Å²) in [5, 5.41) is 12.8. The third kappa shape index (κ3) is 2.71. The highest BCUT2D eigenvalue weighted by Gasteiger charge is 2.04. The number of alkyl halides is 1. The molecule has 0 aliphatic heterocycles. The maximum atomic E-state index is 5.80. The van der Waals surface area contributed by atoms with Crippen molar-refractivity contribution < 1.29 is 0 Å². The molecule has 0 bridgehead atoms. The Balaban J connectivity index is 2.15. The fourth-order valence-electron chi connectivity index (χ4n) is 1.25. The molecule has 6 heteroatoms. The summed E-state index contributed by atoms with van der Waals surface area (Å²) < 4.78 is 0. The summed E-state index contributed by atoms with van der Waals surface area (Å²) in [7, 11) is 0. The lowest BCUT2D eigenvalue weighted by Gasteiger charge is -1.95. The van der Waals surface area contributed by atoms with Crippen LogP contribution in [0.4, 0.5) is 0 Å². The molecule has 1 heterocycles. The van der Waals surface area contributed by atoms with Crippen molar-refractivity contribution in [3.8, 4) is 11.4 Å². The minimum atomic E-state index is 0.595. The van der Waals surface area contributed by atoms with E-state index in [9.17, 15) is 0 Å². The van der Waals surface area contributed by atoms with Crippen LogP contribution < -0.4 is 0 Å². The van der Waals surface area contributed by atoms with Gasteiger partial charge in [0.2, 0.25) is 5.82 Å². The van der Waals surface area contributed by atoms with Gasteiger partial charge in [0.05, 0.1) is 6.54 Å². The summed E-state index contributed by atoms with van der Waals surface area (Å²) in [4.78, 5) is 1.55. The van der Waals surface area contributed by atoms with E-state index in [1.165, 1.54) is 0 Å². The van der Waals surface area contributed by atoms with E-state index < -0.39 is 0 Å². The molecule has 1 aromatic carbocycles. The van der Waals surface area contributed by atoms with Crippen molar-refractivity contribution in [2.45, 2.75) is 13.0 Å². The van der Waals surface area contributed by atoms with Gasteiger partial charge in [-0.15, -0.1) is 21.8 Å². The molecule has 0 saturated heterocycles. The molecule has 0 fully saturated rings. The molecule has 0 atom stereocenters. The van der Waals surface area contributed by atoms with E-state index >= 15 is 0 Å². The van der Waals surface area contributed by atoms with Crippen LogP contribution in [-0.4, -0.2) is 26.1 Å². The number of benzene rings is 1. The van der Waals surface area contributed by atoms with Gasteiger partial charge in [-0.25, -0.2) is 0 Å². The van der Waals surface area contributed by atoms with Gasteiger partial charge >= 0.3 is 0 Å². The summed E-state index contributed by atoms with van der Waals surface area (Å²) in [6.07, 6.45) is 0.831. The maximum absolute atomic E-state index is 5.80. The largest absolute Gasteiger partial charge is 0.204 e. The quantitative estimate of drug-likeness (QED) is 0.791. The van der Waals surface area contributed by atoms with Crippen LogP contribution in [0.5, 0.6) is 0 Å². The zero-order valence-corrected chi connectivity index (χ0v) is 9.99. The lowest BCUT2D eigenvalue weighted by molar-refractivity contribution is 0.516. The predicted molar refractivity (Wildman–Crippen MR) is 63.6 cm³/mol. The van der Waals surface area contributed by atoms with Crippen LogP contribution in [0.3, 0.4) is 0 Å². The van der Waals surface area contributed by atoms with E-state index in [1.807, 2.05) is 12.1 Å². The van der Waals surface area contributed by atoms with Gasteiger partial charge in [-0.3, -0.25) is 0 Å². The summed E-state index contributed by atoms with van der Waals surface area (Å²) in [5.74, 6) is 1.20. The van der Waals surface area contributed by atoms with Gasteiger partial charge in [-0.1, -0.05) is 11.6 Å². The molecule has 2 aromatic rings. The topological polar surface area (TPSA) is 43.6 Å². The molecule has 4 nitrogen and oxygen atoms in total. The van der Waals surface area contributed by atoms with Gasteiger partial charge in [0.15, 0.2) is 0 Å². The number of rotatable bonds is 4. The van der Waals surface area contributed by atoms with Crippen LogP contribution >= 0.6 is 23.2 Å². The predicted octanol–water partition coefficient (Wildman–Crippen LogP) is 2.62. The summed E-state index contributed by atoms with van der Waals surface area (Å²) in [6.45, 7) is 0.685. The zero-order chi connectivity index (χ0) is 11.4. The second-order valence-electron chi connectivity index (χ2n) is 3.26. The maximum Gasteiger partial charge on any atom is 0.204 e. The Kier molecular flexibility index (Phi) is 3.74. The molecule has 0 aliphatic carbocycles. The van der Waals surface area contributed by atoms with E-state index in [-0.39, 0.29) is 0 Å². The number of aryl methyl sites for hydroxylation is 1. The van der Waals surface area contributed by atoms with Crippen LogP contribution in [0.15, 0.2) is 24.3 Å². The van der Waals surface area contributed by atoms with Gasteiger partial charge in [-0.2, -0.15) is 4.80 Å². The minimum Gasteiger partial charge on any atom is -0.164 e. The molecule has 16 heavy (non-hydrogen) atoms. The van der Waals surface area contributed by atoms with Crippen molar-refractivity contribution in [3.05, 3.63) is 29.3 Å². The first kappa shape index (κ1) is 11.4. The summed E-state index contributed by atoms with van der Waals surface area (Å²) >= 11 is 11.4. The van der Waals surface area contributed by atoms with E-state index in [2.05, 4.69) is 15.4 Å². The first-order valence-corrected chi connectivity index (χ1v) is 5.80. The molecule has 0 N–H and O–H groups in total. The second-order valence-corrected chi connectivity index (χ2v) is 4.07. The standard InChI is InChI=1S/C10H10Cl2N4/c11-6-1-7-16-14-10(13-15-16)8-2-4-9(12)5-3-8/h2-5H,1,6-7H2. The molecular weight excluding hydrogens is 247 g/mol.